The van der Waals surface area contributed by atoms with Gasteiger partial charge in [0.25, 0.3) is 0 Å². The lowest BCUT2D eigenvalue weighted by molar-refractivity contribution is 0.667. The number of aromatic nitrogens is 5. The maximum atomic E-state index is 7.05. The number of hydrogen-bond donors (Lipinski definition) is 3. The Hall–Kier alpha value is -12.1. The zero-order valence-electron chi connectivity index (χ0n) is 49.9. The molecule has 0 saturated carbocycles. The van der Waals surface area contributed by atoms with E-state index >= 15 is 0 Å². The van der Waals surface area contributed by atoms with E-state index in [1.807, 2.05) is 26.0 Å². The molecule has 8 heteroatoms. The number of aryl methyl sites for hydroxylation is 2. The molecule has 11 aromatic rings. The van der Waals surface area contributed by atoms with Crippen LogP contribution in [0.25, 0.3) is 102 Å². The minimum Gasteiger partial charge on any atom is -0.456 e. The number of nitrogens with zero attached hydrogens (tertiary/aromatic N) is 4. The van der Waals surface area contributed by atoms with Crippen LogP contribution in [0.1, 0.15) is 92.8 Å². The van der Waals surface area contributed by atoms with Gasteiger partial charge in [0.15, 0.2) is 0 Å². The summed E-state index contributed by atoms with van der Waals surface area (Å²) in [6.45, 7) is 8.18. The van der Waals surface area contributed by atoms with Crippen LogP contribution in [0, 0.1) is 37.5 Å². The average Bonchev–Trinajstić information content (AvgIpc) is 1.83. The molecule has 0 spiro atoms. The van der Waals surface area contributed by atoms with E-state index in [0.717, 1.165) is 168 Å². The summed E-state index contributed by atoms with van der Waals surface area (Å²) in [5, 5.41) is 0. The summed E-state index contributed by atoms with van der Waals surface area (Å²) in [6, 6.07) is 71.2. The Morgan fingerprint density at radius 1 is 0.333 bits per heavy atom. The monoisotopic (exact) mass is 1160 g/mol. The molecule has 0 unspecified atom stereocenters. The van der Waals surface area contributed by atoms with Crippen LogP contribution in [0.3, 0.4) is 0 Å². The minimum atomic E-state index is 0.694. The number of aliphatic imine (C=N–C) groups is 2. The molecule has 9 heterocycles. The number of aromatic amines is 3. The van der Waals surface area contributed by atoms with Crippen LogP contribution in [-0.2, 0) is 0 Å². The van der Waals surface area contributed by atoms with Gasteiger partial charge in [0.1, 0.15) is 11.2 Å². The first kappa shape index (κ1) is 54.5. The molecular formula is C82H57N7O. The number of furan rings is 1. The Kier molecular flexibility index (Phi) is 14.1. The molecule has 3 N–H and O–H groups in total. The van der Waals surface area contributed by atoms with E-state index in [1.165, 1.54) is 0 Å². The highest BCUT2D eigenvalue weighted by molar-refractivity contribution is 6.02. The highest BCUT2D eigenvalue weighted by Crippen LogP contribution is 2.40. The smallest absolute Gasteiger partial charge is 0.137 e. The Morgan fingerprint density at radius 2 is 0.733 bits per heavy atom. The number of fused-ring (bicyclic) bond motifs is 8. The second-order valence-corrected chi connectivity index (χ2v) is 22.7. The molecule has 5 aromatic heterocycles. The third-order valence-electron chi connectivity index (χ3n) is 16.4. The maximum absolute atomic E-state index is 7.05. The molecular weight excluding hydrogens is 1100 g/mol. The molecule has 0 fully saturated rings. The van der Waals surface area contributed by atoms with Crippen LogP contribution in [0.4, 0.5) is 0 Å². The van der Waals surface area contributed by atoms with Crippen molar-refractivity contribution in [1.82, 2.24) is 24.9 Å². The van der Waals surface area contributed by atoms with Gasteiger partial charge in [-0.2, -0.15) is 0 Å². The predicted octanol–water partition coefficient (Wildman–Crippen LogP) is 19.2. The normalized spacial score (nSPS) is 14.0. The van der Waals surface area contributed by atoms with Crippen LogP contribution in [-0.4, -0.2) is 36.3 Å². The van der Waals surface area contributed by atoms with E-state index in [0.29, 0.717) is 11.2 Å². The summed E-state index contributed by atoms with van der Waals surface area (Å²) < 4.78 is 7.05. The first-order chi connectivity index (χ1) is 44.2. The van der Waals surface area contributed by atoms with E-state index in [1.54, 1.807) is 0 Å². The lowest BCUT2D eigenvalue weighted by Gasteiger charge is -2.09. The number of allylic oxidation sites excluding steroid dienone is 4. The minimum absolute atomic E-state index is 0.694. The lowest BCUT2D eigenvalue weighted by Crippen LogP contribution is -1.93. The number of benzene rings is 6. The first-order valence-electron chi connectivity index (χ1n) is 30.1. The molecule has 0 atom stereocenters. The third kappa shape index (κ3) is 10.9. The summed E-state index contributed by atoms with van der Waals surface area (Å²) >= 11 is 0. The van der Waals surface area contributed by atoms with Crippen molar-refractivity contribution in [2.75, 3.05) is 0 Å². The van der Waals surface area contributed by atoms with Gasteiger partial charge in [-0.05, 0) is 207 Å². The summed E-state index contributed by atoms with van der Waals surface area (Å²) in [7, 11) is 0. The van der Waals surface area contributed by atoms with Crippen molar-refractivity contribution in [3.63, 3.8) is 0 Å². The summed E-state index contributed by atoms with van der Waals surface area (Å²) in [5.41, 5.74) is 29.6. The average molecular weight is 1160 g/mol. The molecule has 4 aliphatic heterocycles. The zero-order chi connectivity index (χ0) is 60.7. The van der Waals surface area contributed by atoms with E-state index in [-0.39, 0.29) is 0 Å². The number of H-pyrrole nitrogens is 3. The van der Waals surface area contributed by atoms with Crippen molar-refractivity contribution in [1.29, 1.82) is 0 Å². The van der Waals surface area contributed by atoms with Gasteiger partial charge in [0, 0.05) is 89.8 Å². The Labute approximate surface area is 522 Å². The van der Waals surface area contributed by atoms with Crippen molar-refractivity contribution >= 4 is 69.1 Å². The van der Waals surface area contributed by atoms with Gasteiger partial charge in [0.2, 0.25) is 0 Å². The number of nitrogens with one attached hydrogen (secondary N) is 3. The third-order valence-corrected chi connectivity index (χ3v) is 16.4. The fraction of sp³-hybridized carbons (Fsp3) is 0.0488. The molecule has 0 saturated heterocycles. The van der Waals surface area contributed by atoms with E-state index in [9.17, 15) is 0 Å². The van der Waals surface area contributed by atoms with Gasteiger partial charge in [-0.15, -0.1) is 0 Å². The molecule has 0 aliphatic carbocycles. The van der Waals surface area contributed by atoms with Gasteiger partial charge < -0.3 is 19.4 Å². The van der Waals surface area contributed by atoms with Crippen LogP contribution in [0.5, 0.6) is 0 Å². The van der Waals surface area contributed by atoms with Crippen molar-refractivity contribution in [2.45, 2.75) is 27.7 Å². The number of hydrogen-bond acceptors (Lipinski definition) is 5. The highest BCUT2D eigenvalue weighted by atomic mass is 16.3. The van der Waals surface area contributed by atoms with Crippen molar-refractivity contribution in [3.8, 4) is 68.2 Å². The summed E-state index contributed by atoms with van der Waals surface area (Å²) in [6.07, 6.45) is 16.7. The van der Waals surface area contributed by atoms with Crippen LogP contribution in [0.2, 0.25) is 0 Å². The molecule has 6 aromatic carbocycles. The second kappa shape index (κ2) is 23.3. The van der Waals surface area contributed by atoms with Gasteiger partial charge in [-0.1, -0.05) is 133 Å². The number of rotatable bonds is 8. The van der Waals surface area contributed by atoms with Gasteiger partial charge in [-0.25, -0.2) is 9.97 Å². The van der Waals surface area contributed by atoms with Crippen LogP contribution >= 0.6 is 0 Å². The highest BCUT2D eigenvalue weighted by Gasteiger charge is 2.22. The van der Waals surface area contributed by atoms with Crippen LogP contribution < -0.4 is 0 Å². The standard InChI is InChI=1S/C82H57N7O/c1-51-21-37-65(83-51)79(66-38-22-52(2)84-66)63-19-11-13-57(49-63)27-25-55-29-33-61(34-30-55)77-69-41-42-70(87-69)78(62-35-31-56(32-36-62)26-28-58-14-12-20-64(50-58)80(67-39-23-53(3)85-67)68-40-24-54(4)86-68)72-44-46-74(89-72)82(60-17-9-6-10-18-60)76-48-47-75(90-76)81(59-15-7-5-8-16-59)73-45-43-71(77)88-73/h5-24,29-50,83,85,87H,1-4H3/b77-69?,77-71?,78-70?,78-72?,79-66-,80-68+,81-73?,81-75?,82-74?,82-76?. The largest absolute Gasteiger partial charge is 0.456 e. The summed E-state index contributed by atoms with van der Waals surface area (Å²) in [5.74, 6) is 13.9. The van der Waals surface area contributed by atoms with E-state index in [4.69, 9.17) is 24.4 Å². The molecule has 426 valence electrons. The summed E-state index contributed by atoms with van der Waals surface area (Å²) in [4.78, 5) is 31.7. The second-order valence-electron chi connectivity index (χ2n) is 22.7. The van der Waals surface area contributed by atoms with Crippen molar-refractivity contribution < 1.29 is 4.42 Å². The molecule has 4 aliphatic rings. The SMILES string of the molecule is CC1=N/C(=C(/c2cccc(C#Cc3ccc(-c4c5nc(c(-c6ccccc6)c6ccc(o6)c(-c6ccccc6)c6nc(c(-c7ccc(C#Cc8cccc(/C(=C9/C=CC(C)=N9)c9ccc(C)[nH]9)c8)cc7)c7ccc4[nH]7)C=C6)C=C5)cc3)c2)c2ccc(C)[nH]2)C=C1. The van der Waals surface area contributed by atoms with Gasteiger partial charge in [0.05, 0.1) is 45.3 Å². The fourth-order valence-corrected chi connectivity index (χ4v) is 12.1. The Bertz CT molecular complexity index is 4980. The maximum Gasteiger partial charge on any atom is 0.137 e. The van der Waals surface area contributed by atoms with E-state index in [2.05, 4.69) is 295 Å². The Morgan fingerprint density at radius 3 is 1.12 bits per heavy atom. The predicted molar refractivity (Wildman–Crippen MR) is 371 cm³/mol. The quantitative estimate of drug-likeness (QED) is 0.132. The molecule has 8 bridgehead atoms. The van der Waals surface area contributed by atoms with Crippen LogP contribution in [0.15, 0.2) is 256 Å². The topological polar surface area (TPSA) is 111 Å². The van der Waals surface area contributed by atoms with Gasteiger partial charge >= 0.3 is 0 Å². The van der Waals surface area contributed by atoms with Gasteiger partial charge in [-0.3, -0.25) is 9.98 Å². The first-order valence-corrected chi connectivity index (χ1v) is 30.1. The van der Waals surface area contributed by atoms with Crippen molar-refractivity contribution in [2.24, 2.45) is 9.98 Å². The molecule has 0 amide bonds. The lowest BCUT2D eigenvalue weighted by atomic mass is 9.98. The molecule has 90 heavy (non-hydrogen) atoms. The zero-order valence-corrected chi connectivity index (χ0v) is 49.9. The molecule has 15 rings (SSSR count). The Balaban J connectivity index is 0.862. The molecule has 8 nitrogen and oxygen atoms in total. The molecule has 0 radical (unpaired) electrons. The van der Waals surface area contributed by atoms with E-state index < -0.39 is 0 Å². The van der Waals surface area contributed by atoms with Crippen molar-refractivity contribution in [3.05, 3.63) is 321 Å². The fourth-order valence-electron chi connectivity index (χ4n) is 12.1.